The fraction of sp³-hybridized carbons (Fsp3) is 0.455. The number of primary sulfonamides is 1. The normalized spacial score (nSPS) is 12.4. The maximum Gasteiger partial charge on any atom is 0.416 e. The molecule has 19 heavy (non-hydrogen) atoms. The summed E-state index contributed by atoms with van der Waals surface area (Å²) in [7, 11) is -3.47. The summed E-state index contributed by atoms with van der Waals surface area (Å²) in [6.07, 6.45) is -3.56. The van der Waals surface area contributed by atoms with Crippen molar-refractivity contribution in [2.24, 2.45) is 5.14 Å². The van der Waals surface area contributed by atoms with Gasteiger partial charge in [-0.25, -0.2) is 13.6 Å². The van der Waals surface area contributed by atoms with E-state index in [0.717, 1.165) is 12.1 Å². The standard InChI is InChI=1S/C11H14F3NO3S/c12-11(13,14)9-3-5-10(6-4-9)18-7-1-2-8-19(15,16)17/h3-6H,1-2,7-8H2,(H2,15,16,17). The van der Waals surface area contributed by atoms with Crippen LogP contribution in [0.25, 0.3) is 0 Å². The first kappa shape index (κ1) is 15.8. The lowest BCUT2D eigenvalue weighted by molar-refractivity contribution is -0.137. The van der Waals surface area contributed by atoms with Crippen molar-refractivity contribution >= 4 is 10.0 Å². The van der Waals surface area contributed by atoms with Crippen LogP contribution in [0.3, 0.4) is 0 Å². The Bertz CT molecular complexity index is 497. The van der Waals surface area contributed by atoms with Gasteiger partial charge < -0.3 is 4.74 Å². The number of benzene rings is 1. The fourth-order valence-corrected chi connectivity index (χ4v) is 1.94. The first-order valence-electron chi connectivity index (χ1n) is 5.49. The Morgan fingerprint density at radius 1 is 1.11 bits per heavy atom. The van der Waals surface area contributed by atoms with Gasteiger partial charge in [0.25, 0.3) is 0 Å². The number of hydrogen-bond donors (Lipinski definition) is 1. The maximum absolute atomic E-state index is 12.3. The lowest BCUT2D eigenvalue weighted by atomic mass is 10.2. The summed E-state index contributed by atoms with van der Waals surface area (Å²) < 4.78 is 63.3. The molecule has 0 bridgehead atoms. The first-order valence-corrected chi connectivity index (χ1v) is 7.20. The third kappa shape index (κ3) is 6.44. The molecule has 4 nitrogen and oxygen atoms in total. The highest BCUT2D eigenvalue weighted by Gasteiger charge is 2.29. The Morgan fingerprint density at radius 2 is 1.68 bits per heavy atom. The molecule has 0 aliphatic carbocycles. The van der Waals surface area contributed by atoms with Crippen molar-refractivity contribution in [3.63, 3.8) is 0 Å². The Kier molecular flexibility index (Phi) is 5.19. The highest BCUT2D eigenvalue weighted by Crippen LogP contribution is 2.30. The molecule has 0 spiro atoms. The first-order chi connectivity index (χ1) is 8.68. The number of unbranched alkanes of at least 4 members (excludes halogenated alkanes) is 1. The van der Waals surface area contributed by atoms with Crippen LogP contribution < -0.4 is 9.88 Å². The lowest BCUT2D eigenvalue weighted by Crippen LogP contribution is -2.16. The average Bonchev–Trinajstić information content (AvgIpc) is 2.26. The van der Waals surface area contributed by atoms with Gasteiger partial charge in [-0.15, -0.1) is 0 Å². The SMILES string of the molecule is NS(=O)(=O)CCCCOc1ccc(C(F)(F)F)cc1. The second-order valence-electron chi connectivity index (χ2n) is 3.94. The molecule has 1 aromatic rings. The molecule has 0 aliphatic heterocycles. The molecule has 1 rings (SSSR count). The predicted octanol–water partition coefficient (Wildman–Crippen LogP) is 2.15. The number of sulfonamides is 1. The number of rotatable bonds is 6. The van der Waals surface area contributed by atoms with E-state index in [0.29, 0.717) is 18.6 Å². The highest BCUT2D eigenvalue weighted by atomic mass is 32.2. The van der Waals surface area contributed by atoms with Crippen LogP contribution in [0.4, 0.5) is 13.2 Å². The van der Waals surface area contributed by atoms with Gasteiger partial charge in [0, 0.05) is 0 Å². The largest absolute Gasteiger partial charge is 0.494 e. The topological polar surface area (TPSA) is 69.4 Å². The summed E-state index contributed by atoms with van der Waals surface area (Å²) in [5.74, 6) is 0.173. The minimum atomic E-state index is -4.37. The van der Waals surface area contributed by atoms with Gasteiger partial charge in [-0.05, 0) is 37.1 Å². The molecule has 0 aromatic heterocycles. The zero-order valence-corrected chi connectivity index (χ0v) is 10.8. The molecular formula is C11H14F3NO3S. The molecule has 1 aromatic carbocycles. The Hall–Kier alpha value is -1.28. The number of nitrogens with two attached hydrogens (primary N) is 1. The van der Waals surface area contributed by atoms with Gasteiger partial charge in [0.15, 0.2) is 0 Å². The molecule has 0 saturated carbocycles. The molecule has 0 amide bonds. The molecule has 8 heteroatoms. The lowest BCUT2D eigenvalue weighted by Gasteiger charge is -2.09. The van der Waals surface area contributed by atoms with Gasteiger partial charge in [0.1, 0.15) is 5.75 Å². The van der Waals surface area contributed by atoms with Gasteiger partial charge in [-0.1, -0.05) is 0 Å². The van der Waals surface area contributed by atoms with Crippen LogP contribution in [0.1, 0.15) is 18.4 Å². The van der Waals surface area contributed by atoms with E-state index in [1.54, 1.807) is 0 Å². The Labute approximate surface area is 109 Å². The summed E-state index contributed by atoms with van der Waals surface area (Å²) in [5, 5.41) is 4.81. The van der Waals surface area contributed by atoms with Crippen molar-refractivity contribution in [2.45, 2.75) is 19.0 Å². The van der Waals surface area contributed by atoms with Crippen LogP contribution in [0, 0.1) is 0 Å². The van der Waals surface area contributed by atoms with E-state index in [9.17, 15) is 21.6 Å². The van der Waals surface area contributed by atoms with E-state index < -0.39 is 21.8 Å². The maximum atomic E-state index is 12.3. The van der Waals surface area contributed by atoms with Crippen molar-refractivity contribution in [2.75, 3.05) is 12.4 Å². The molecule has 0 fully saturated rings. The zero-order chi connectivity index (χ0) is 14.5. The van der Waals surface area contributed by atoms with Crippen molar-refractivity contribution in [1.82, 2.24) is 0 Å². The predicted molar refractivity (Wildman–Crippen MR) is 64.1 cm³/mol. The summed E-state index contributed by atoms with van der Waals surface area (Å²) >= 11 is 0. The number of ether oxygens (including phenoxy) is 1. The second kappa shape index (κ2) is 6.25. The number of hydrogen-bond acceptors (Lipinski definition) is 3. The van der Waals surface area contributed by atoms with Crippen LogP contribution in [-0.4, -0.2) is 20.8 Å². The van der Waals surface area contributed by atoms with Gasteiger partial charge in [0.05, 0.1) is 17.9 Å². The number of alkyl halides is 3. The van der Waals surface area contributed by atoms with Crippen molar-refractivity contribution in [3.05, 3.63) is 29.8 Å². The van der Waals surface area contributed by atoms with E-state index in [1.807, 2.05) is 0 Å². The zero-order valence-electron chi connectivity index (χ0n) is 9.98. The summed E-state index contributed by atoms with van der Waals surface area (Å²) in [4.78, 5) is 0. The van der Waals surface area contributed by atoms with E-state index >= 15 is 0 Å². The molecule has 0 aliphatic rings. The van der Waals surface area contributed by atoms with E-state index in [1.165, 1.54) is 12.1 Å². The van der Waals surface area contributed by atoms with Crippen LogP contribution in [0.2, 0.25) is 0 Å². The molecule has 108 valence electrons. The minimum absolute atomic E-state index is 0.136. The monoisotopic (exact) mass is 297 g/mol. The average molecular weight is 297 g/mol. The van der Waals surface area contributed by atoms with E-state index in [4.69, 9.17) is 9.88 Å². The summed E-state index contributed by atoms with van der Waals surface area (Å²) in [5.41, 5.74) is -0.742. The minimum Gasteiger partial charge on any atom is -0.494 e. The summed E-state index contributed by atoms with van der Waals surface area (Å²) in [6.45, 7) is 0.223. The van der Waals surface area contributed by atoms with Gasteiger partial charge in [-0.2, -0.15) is 13.2 Å². The molecule has 0 saturated heterocycles. The van der Waals surface area contributed by atoms with Crippen LogP contribution in [0.5, 0.6) is 5.75 Å². The third-order valence-corrected chi connectivity index (χ3v) is 3.13. The molecule has 0 unspecified atom stereocenters. The molecular weight excluding hydrogens is 283 g/mol. The van der Waals surface area contributed by atoms with Gasteiger partial charge in [0.2, 0.25) is 10.0 Å². The van der Waals surface area contributed by atoms with Crippen molar-refractivity contribution < 1.29 is 26.3 Å². The van der Waals surface area contributed by atoms with Crippen LogP contribution in [0.15, 0.2) is 24.3 Å². The smallest absolute Gasteiger partial charge is 0.416 e. The number of halogens is 3. The second-order valence-corrected chi connectivity index (χ2v) is 5.68. The van der Waals surface area contributed by atoms with Crippen molar-refractivity contribution in [1.29, 1.82) is 0 Å². The van der Waals surface area contributed by atoms with E-state index in [-0.39, 0.29) is 12.4 Å². The van der Waals surface area contributed by atoms with Crippen molar-refractivity contribution in [3.8, 4) is 5.75 Å². The van der Waals surface area contributed by atoms with Crippen LogP contribution in [-0.2, 0) is 16.2 Å². The Morgan fingerprint density at radius 3 is 2.16 bits per heavy atom. The van der Waals surface area contributed by atoms with Gasteiger partial charge >= 0.3 is 6.18 Å². The Balaban J connectivity index is 2.35. The van der Waals surface area contributed by atoms with Crippen LogP contribution >= 0.6 is 0 Å². The highest BCUT2D eigenvalue weighted by molar-refractivity contribution is 7.89. The third-order valence-electron chi connectivity index (χ3n) is 2.27. The quantitative estimate of drug-likeness (QED) is 0.818. The summed E-state index contributed by atoms with van der Waals surface area (Å²) in [6, 6.07) is 4.31. The molecule has 0 atom stereocenters. The molecule has 0 radical (unpaired) electrons. The molecule has 0 heterocycles. The van der Waals surface area contributed by atoms with E-state index in [2.05, 4.69) is 0 Å². The van der Waals surface area contributed by atoms with Gasteiger partial charge in [-0.3, -0.25) is 0 Å². The fourth-order valence-electron chi connectivity index (χ4n) is 1.34. The molecule has 2 N–H and O–H groups in total.